The first-order valence-corrected chi connectivity index (χ1v) is 7.00. The SMILES string of the molecule is CN=C(NC1CC1)NC1CN(C2CC2)CC1C.I. The Morgan fingerprint density at radius 2 is 1.83 bits per heavy atom. The van der Waals surface area contributed by atoms with Crippen LogP contribution in [-0.4, -0.2) is 49.1 Å². The van der Waals surface area contributed by atoms with Crippen molar-refractivity contribution in [3.05, 3.63) is 0 Å². The number of likely N-dealkylation sites (tertiary alicyclic amines) is 1. The van der Waals surface area contributed by atoms with Gasteiger partial charge < -0.3 is 10.6 Å². The van der Waals surface area contributed by atoms with Gasteiger partial charge in [0.05, 0.1) is 0 Å². The molecule has 0 aromatic rings. The number of nitrogens with one attached hydrogen (secondary N) is 2. The second kappa shape index (κ2) is 5.94. The number of rotatable bonds is 3. The lowest BCUT2D eigenvalue weighted by atomic mass is 10.1. The summed E-state index contributed by atoms with van der Waals surface area (Å²) >= 11 is 0. The number of hydrogen-bond donors (Lipinski definition) is 2. The minimum absolute atomic E-state index is 0. The van der Waals surface area contributed by atoms with E-state index in [-0.39, 0.29) is 24.0 Å². The Labute approximate surface area is 127 Å². The van der Waals surface area contributed by atoms with Gasteiger partial charge in [0, 0.05) is 38.3 Å². The smallest absolute Gasteiger partial charge is 0.191 e. The van der Waals surface area contributed by atoms with Crippen LogP contribution in [0.3, 0.4) is 0 Å². The molecule has 0 radical (unpaired) electrons. The summed E-state index contributed by atoms with van der Waals surface area (Å²) in [6, 6.07) is 2.14. The van der Waals surface area contributed by atoms with E-state index in [0.717, 1.165) is 17.9 Å². The number of hydrogen-bond acceptors (Lipinski definition) is 2. The van der Waals surface area contributed by atoms with Gasteiger partial charge in [0.25, 0.3) is 0 Å². The summed E-state index contributed by atoms with van der Waals surface area (Å²) in [5.41, 5.74) is 0. The molecule has 2 saturated carbocycles. The highest BCUT2D eigenvalue weighted by atomic mass is 127. The van der Waals surface area contributed by atoms with E-state index < -0.39 is 0 Å². The molecular formula is C13H25IN4. The molecule has 3 aliphatic rings. The number of nitrogens with zero attached hydrogens (tertiary/aromatic N) is 2. The average molecular weight is 364 g/mol. The van der Waals surface area contributed by atoms with Gasteiger partial charge in [-0.05, 0) is 31.6 Å². The summed E-state index contributed by atoms with van der Waals surface area (Å²) in [4.78, 5) is 6.97. The largest absolute Gasteiger partial charge is 0.354 e. The highest BCUT2D eigenvalue weighted by molar-refractivity contribution is 14.0. The van der Waals surface area contributed by atoms with Crippen LogP contribution in [0.2, 0.25) is 0 Å². The minimum atomic E-state index is 0. The van der Waals surface area contributed by atoms with Crippen molar-refractivity contribution in [2.45, 2.75) is 50.7 Å². The van der Waals surface area contributed by atoms with Crippen LogP contribution in [0.4, 0.5) is 0 Å². The zero-order valence-corrected chi connectivity index (χ0v) is 13.7. The molecule has 2 N–H and O–H groups in total. The first-order chi connectivity index (χ1) is 8.26. The molecular weight excluding hydrogens is 339 g/mol. The van der Waals surface area contributed by atoms with Crippen molar-refractivity contribution in [3.8, 4) is 0 Å². The van der Waals surface area contributed by atoms with Crippen molar-refractivity contribution in [2.24, 2.45) is 10.9 Å². The van der Waals surface area contributed by atoms with Gasteiger partial charge in [-0.25, -0.2) is 0 Å². The molecule has 3 rings (SSSR count). The van der Waals surface area contributed by atoms with Crippen LogP contribution in [-0.2, 0) is 0 Å². The number of aliphatic imine (C=N–C) groups is 1. The van der Waals surface area contributed by atoms with Crippen LogP contribution < -0.4 is 10.6 Å². The van der Waals surface area contributed by atoms with Crippen LogP contribution >= 0.6 is 24.0 Å². The van der Waals surface area contributed by atoms with Crippen LogP contribution in [0, 0.1) is 5.92 Å². The monoisotopic (exact) mass is 364 g/mol. The molecule has 0 spiro atoms. The Morgan fingerprint density at radius 3 is 2.39 bits per heavy atom. The first-order valence-electron chi connectivity index (χ1n) is 7.00. The second-order valence-corrected chi connectivity index (χ2v) is 5.90. The van der Waals surface area contributed by atoms with E-state index >= 15 is 0 Å². The van der Waals surface area contributed by atoms with Gasteiger partial charge in [-0.2, -0.15) is 0 Å². The molecule has 104 valence electrons. The van der Waals surface area contributed by atoms with Crippen molar-refractivity contribution < 1.29 is 0 Å². The lowest BCUT2D eigenvalue weighted by Gasteiger charge is -2.20. The Bertz CT molecular complexity index is 312. The molecule has 0 amide bonds. The Hall–Kier alpha value is -0.0400. The Balaban J connectivity index is 0.00000120. The minimum Gasteiger partial charge on any atom is -0.354 e. The summed E-state index contributed by atoms with van der Waals surface area (Å²) in [6.07, 6.45) is 5.42. The fourth-order valence-corrected chi connectivity index (χ4v) is 2.70. The lowest BCUT2D eigenvalue weighted by molar-refractivity contribution is 0.315. The zero-order chi connectivity index (χ0) is 11.8. The van der Waals surface area contributed by atoms with Crippen molar-refractivity contribution in [1.82, 2.24) is 15.5 Å². The molecule has 2 unspecified atom stereocenters. The molecule has 2 aliphatic carbocycles. The van der Waals surface area contributed by atoms with E-state index in [9.17, 15) is 0 Å². The van der Waals surface area contributed by atoms with Gasteiger partial charge in [0.2, 0.25) is 0 Å². The van der Waals surface area contributed by atoms with Gasteiger partial charge in [-0.3, -0.25) is 9.89 Å². The van der Waals surface area contributed by atoms with Crippen molar-refractivity contribution in [1.29, 1.82) is 0 Å². The molecule has 1 saturated heterocycles. The third kappa shape index (κ3) is 3.50. The van der Waals surface area contributed by atoms with Gasteiger partial charge in [0.15, 0.2) is 5.96 Å². The van der Waals surface area contributed by atoms with Crippen LogP contribution in [0.25, 0.3) is 0 Å². The van der Waals surface area contributed by atoms with Crippen molar-refractivity contribution in [3.63, 3.8) is 0 Å². The highest BCUT2D eigenvalue weighted by Crippen LogP contribution is 2.31. The van der Waals surface area contributed by atoms with Gasteiger partial charge in [0.1, 0.15) is 0 Å². The van der Waals surface area contributed by atoms with Crippen molar-refractivity contribution in [2.75, 3.05) is 20.1 Å². The normalized spacial score (nSPS) is 33.1. The van der Waals surface area contributed by atoms with Gasteiger partial charge >= 0.3 is 0 Å². The Morgan fingerprint density at radius 1 is 1.11 bits per heavy atom. The molecule has 4 nitrogen and oxygen atoms in total. The summed E-state index contributed by atoms with van der Waals surface area (Å²) < 4.78 is 0. The molecule has 0 bridgehead atoms. The van der Waals surface area contributed by atoms with Crippen molar-refractivity contribution >= 4 is 29.9 Å². The topological polar surface area (TPSA) is 39.7 Å². The molecule has 1 aliphatic heterocycles. The summed E-state index contributed by atoms with van der Waals surface area (Å²) in [5, 5.41) is 7.06. The van der Waals surface area contributed by atoms with E-state index in [0.29, 0.717) is 12.1 Å². The molecule has 5 heteroatoms. The van der Waals surface area contributed by atoms with E-state index in [1.807, 2.05) is 7.05 Å². The van der Waals surface area contributed by atoms with Crippen LogP contribution in [0.15, 0.2) is 4.99 Å². The van der Waals surface area contributed by atoms with Crippen LogP contribution in [0.5, 0.6) is 0 Å². The molecule has 2 atom stereocenters. The Kier molecular flexibility index (Phi) is 4.75. The second-order valence-electron chi connectivity index (χ2n) is 5.90. The fourth-order valence-electron chi connectivity index (χ4n) is 2.70. The molecule has 18 heavy (non-hydrogen) atoms. The summed E-state index contributed by atoms with van der Waals surface area (Å²) in [5.74, 6) is 1.73. The van der Waals surface area contributed by atoms with E-state index in [2.05, 4.69) is 27.4 Å². The maximum Gasteiger partial charge on any atom is 0.191 e. The predicted molar refractivity (Wildman–Crippen MR) is 85.6 cm³/mol. The van der Waals surface area contributed by atoms with Gasteiger partial charge in [-0.15, -0.1) is 24.0 Å². The third-order valence-electron chi connectivity index (χ3n) is 4.17. The summed E-state index contributed by atoms with van der Waals surface area (Å²) in [6.45, 7) is 4.80. The maximum atomic E-state index is 4.33. The third-order valence-corrected chi connectivity index (χ3v) is 4.17. The standard InChI is InChI=1S/C13H24N4.HI/c1-9-7-17(11-5-6-11)8-12(9)16-13(14-2)15-10-3-4-10;/h9-12H,3-8H2,1-2H3,(H2,14,15,16);1H. The fraction of sp³-hybridized carbons (Fsp3) is 0.923. The molecule has 0 aromatic heterocycles. The first kappa shape index (κ1) is 14.4. The van der Waals surface area contributed by atoms with Crippen LogP contribution in [0.1, 0.15) is 32.6 Å². The maximum absolute atomic E-state index is 4.33. The average Bonchev–Trinajstić information content (AvgIpc) is 3.20. The van der Waals surface area contributed by atoms with E-state index in [4.69, 9.17) is 0 Å². The quantitative estimate of drug-likeness (QED) is 0.452. The highest BCUT2D eigenvalue weighted by Gasteiger charge is 2.38. The summed E-state index contributed by atoms with van der Waals surface area (Å²) in [7, 11) is 1.87. The van der Waals surface area contributed by atoms with Gasteiger partial charge in [-0.1, -0.05) is 6.92 Å². The molecule has 1 heterocycles. The molecule has 0 aromatic carbocycles. The lowest BCUT2D eigenvalue weighted by Crippen LogP contribution is -2.47. The number of halogens is 1. The predicted octanol–water partition coefficient (Wildman–Crippen LogP) is 1.41. The zero-order valence-electron chi connectivity index (χ0n) is 11.4. The molecule has 3 fully saturated rings. The van der Waals surface area contributed by atoms with E-state index in [1.54, 1.807) is 0 Å². The van der Waals surface area contributed by atoms with E-state index in [1.165, 1.54) is 38.8 Å². The number of guanidine groups is 1.